The van der Waals surface area contributed by atoms with Crippen molar-refractivity contribution >= 4 is 28.4 Å². The van der Waals surface area contributed by atoms with Crippen molar-refractivity contribution in [2.45, 2.75) is 19.8 Å². The third-order valence-electron chi connectivity index (χ3n) is 3.79. The summed E-state index contributed by atoms with van der Waals surface area (Å²) in [5.41, 5.74) is 16.2. The molecule has 0 saturated heterocycles. The van der Waals surface area contributed by atoms with Gasteiger partial charge in [-0.2, -0.15) is 0 Å². The van der Waals surface area contributed by atoms with Gasteiger partial charge in [-0.15, -0.1) is 0 Å². The fourth-order valence-electron chi connectivity index (χ4n) is 2.67. The second-order valence-corrected chi connectivity index (χ2v) is 5.42. The van der Waals surface area contributed by atoms with Crippen molar-refractivity contribution in [3.63, 3.8) is 0 Å². The second-order valence-electron chi connectivity index (χ2n) is 5.42. The van der Waals surface area contributed by atoms with E-state index in [-0.39, 0.29) is 6.42 Å². The van der Waals surface area contributed by atoms with Crippen LogP contribution in [0.15, 0.2) is 36.4 Å². The summed E-state index contributed by atoms with van der Waals surface area (Å²) in [5.74, 6) is 0.0549. The Bertz CT molecular complexity index is 882. The van der Waals surface area contributed by atoms with Crippen LogP contribution in [0.3, 0.4) is 0 Å². The first-order chi connectivity index (χ1) is 11.0. The third kappa shape index (κ3) is 2.70. The van der Waals surface area contributed by atoms with Gasteiger partial charge in [0.2, 0.25) is 0 Å². The fourth-order valence-corrected chi connectivity index (χ4v) is 2.67. The molecule has 0 amide bonds. The lowest BCUT2D eigenvalue weighted by atomic mass is 10.1. The number of anilines is 2. The first-order valence-corrected chi connectivity index (χ1v) is 7.37. The number of carboxylic acid groups (broad SMARTS) is 1. The largest absolute Gasteiger partial charge is 0.481 e. The number of hydrogen-bond donors (Lipinski definition) is 3. The summed E-state index contributed by atoms with van der Waals surface area (Å²) < 4.78 is 2.02. The van der Waals surface area contributed by atoms with Gasteiger partial charge in [-0.25, -0.2) is 4.98 Å². The highest BCUT2D eigenvalue weighted by Gasteiger charge is 2.13. The Labute approximate surface area is 133 Å². The summed E-state index contributed by atoms with van der Waals surface area (Å²) in [7, 11) is 0. The van der Waals surface area contributed by atoms with E-state index in [2.05, 4.69) is 4.98 Å². The van der Waals surface area contributed by atoms with Gasteiger partial charge in [0.15, 0.2) is 0 Å². The van der Waals surface area contributed by atoms with Crippen molar-refractivity contribution in [2.75, 3.05) is 11.5 Å². The summed E-state index contributed by atoms with van der Waals surface area (Å²) >= 11 is 0. The molecule has 6 nitrogen and oxygen atoms in total. The van der Waals surface area contributed by atoms with Crippen LogP contribution in [-0.4, -0.2) is 20.6 Å². The van der Waals surface area contributed by atoms with Crippen LogP contribution in [0.1, 0.15) is 18.3 Å². The van der Waals surface area contributed by atoms with E-state index in [1.54, 1.807) is 6.07 Å². The van der Waals surface area contributed by atoms with E-state index in [0.717, 1.165) is 34.5 Å². The number of carbonyl (C=O) groups is 1. The molecule has 0 saturated carbocycles. The molecular weight excluding hydrogens is 292 g/mol. The molecule has 0 atom stereocenters. The molecule has 1 heterocycles. The molecule has 6 heteroatoms. The quantitative estimate of drug-likeness (QED) is 0.641. The van der Waals surface area contributed by atoms with Crippen LogP contribution in [0.25, 0.3) is 16.7 Å². The number of fused-ring (bicyclic) bond motifs is 1. The van der Waals surface area contributed by atoms with Gasteiger partial charge in [0, 0.05) is 12.1 Å². The lowest BCUT2D eigenvalue weighted by molar-refractivity contribution is -0.136. The summed E-state index contributed by atoms with van der Waals surface area (Å²) in [4.78, 5) is 15.4. The second kappa shape index (κ2) is 5.64. The van der Waals surface area contributed by atoms with E-state index >= 15 is 0 Å². The molecule has 0 unspecified atom stereocenters. The first kappa shape index (κ1) is 14.9. The van der Waals surface area contributed by atoms with Crippen molar-refractivity contribution in [1.82, 2.24) is 9.55 Å². The molecular formula is C17H18N4O2. The van der Waals surface area contributed by atoms with Crippen molar-refractivity contribution in [1.29, 1.82) is 0 Å². The van der Waals surface area contributed by atoms with Crippen LogP contribution in [-0.2, 0) is 17.6 Å². The van der Waals surface area contributed by atoms with Gasteiger partial charge in [0.05, 0.1) is 28.8 Å². The molecule has 0 radical (unpaired) electrons. The Morgan fingerprint density at radius 3 is 2.43 bits per heavy atom. The first-order valence-electron chi connectivity index (χ1n) is 7.37. The molecule has 0 spiro atoms. The Morgan fingerprint density at radius 2 is 1.83 bits per heavy atom. The zero-order valence-corrected chi connectivity index (χ0v) is 12.8. The van der Waals surface area contributed by atoms with E-state index < -0.39 is 5.97 Å². The van der Waals surface area contributed by atoms with Crippen LogP contribution < -0.4 is 11.5 Å². The Hall–Kier alpha value is -3.02. The van der Waals surface area contributed by atoms with E-state index in [4.69, 9.17) is 16.6 Å². The molecule has 3 aromatic rings. The number of carboxylic acids is 1. The number of benzene rings is 2. The summed E-state index contributed by atoms with van der Waals surface area (Å²) in [5, 5.41) is 8.86. The maximum atomic E-state index is 10.8. The average molecular weight is 310 g/mol. The lowest BCUT2D eigenvalue weighted by Crippen LogP contribution is -2.03. The van der Waals surface area contributed by atoms with Gasteiger partial charge in [-0.1, -0.05) is 19.1 Å². The van der Waals surface area contributed by atoms with Gasteiger partial charge < -0.3 is 16.6 Å². The molecule has 23 heavy (non-hydrogen) atoms. The number of aromatic nitrogens is 2. The van der Waals surface area contributed by atoms with Crippen LogP contribution in [0, 0.1) is 0 Å². The lowest BCUT2D eigenvalue weighted by Gasteiger charge is -2.10. The van der Waals surface area contributed by atoms with E-state index in [0.29, 0.717) is 11.4 Å². The molecule has 0 aliphatic carbocycles. The minimum Gasteiger partial charge on any atom is -0.481 e. The van der Waals surface area contributed by atoms with Crippen molar-refractivity contribution in [3.05, 3.63) is 47.8 Å². The topological polar surface area (TPSA) is 107 Å². The number of aryl methyl sites for hydroxylation is 1. The molecule has 5 N–H and O–H groups in total. The SMILES string of the molecule is CCc1nc2cc(N)c(N)cc2n1-c1ccc(CC(=O)O)cc1. The normalized spacial score (nSPS) is 11.0. The van der Waals surface area contributed by atoms with E-state index in [1.165, 1.54) is 0 Å². The highest BCUT2D eigenvalue weighted by molar-refractivity contribution is 5.87. The highest BCUT2D eigenvalue weighted by atomic mass is 16.4. The number of aliphatic carboxylic acids is 1. The molecule has 0 fully saturated rings. The summed E-state index contributed by atoms with van der Waals surface area (Å²) in [6, 6.07) is 11.0. The average Bonchev–Trinajstić information content (AvgIpc) is 2.85. The third-order valence-corrected chi connectivity index (χ3v) is 3.79. The number of nitrogens with two attached hydrogens (primary N) is 2. The molecule has 118 valence electrons. The number of nitrogen functional groups attached to an aromatic ring is 2. The number of imidazole rings is 1. The van der Waals surface area contributed by atoms with E-state index in [9.17, 15) is 4.79 Å². The van der Waals surface area contributed by atoms with Crippen LogP contribution in [0.5, 0.6) is 0 Å². The minimum atomic E-state index is -0.844. The van der Waals surface area contributed by atoms with Crippen molar-refractivity contribution in [2.24, 2.45) is 0 Å². The van der Waals surface area contributed by atoms with Gasteiger partial charge in [-0.3, -0.25) is 9.36 Å². The smallest absolute Gasteiger partial charge is 0.307 e. The zero-order chi connectivity index (χ0) is 16.6. The Kier molecular flexibility index (Phi) is 3.65. The number of rotatable bonds is 4. The summed E-state index contributed by atoms with van der Waals surface area (Å²) in [6.07, 6.45) is 0.764. The monoisotopic (exact) mass is 310 g/mol. The van der Waals surface area contributed by atoms with Gasteiger partial charge >= 0.3 is 5.97 Å². The molecule has 3 rings (SSSR count). The predicted octanol–water partition coefficient (Wildman–Crippen LogP) is 2.38. The Morgan fingerprint density at radius 1 is 1.17 bits per heavy atom. The van der Waals surface area contributed by atoms with Crippen LogP contribution in [0.4, 0.5) is 11.4 Å². The maximum absolute atomic E-state index is 10.8. The predicted molar refractivity (Wildman–Crippen MR) is 90.6 cm³/mol. The minimum absolute atomic E-state index is 0.00900. The van der Waals surface area contributed by atoms with Crippen molar-refractivity contribution in [3.8, 4) is 5.69 Å². The highest BCUT2D eigenvalue weighted by Crippen LogP contribution is 2.27. The van der Waals surface area contributed by atoms with Gasteiger partial charge in [-0.05, 0) is 29.8 Å². The van der Waals surface area contributed by atoms with Crippen molar-refractivity contribution < 1.29 is 9.90 Å². The molecule has 0 bridgehead atoms. The molecule has 1 aromatic heterocycles. The standard InChI is InChI=1S/C17H18N4O2/c1-2-16-20-14-8-12(18)13(19)9-15(14)21(16)11-5-3-10(4-6-11)7-17(22)23/h3-6,8-9H,2,7,18-19H2,1H3,(H,22,23). The number of hydrogen-bond acceptors (Lipinski definition) is 4. The van der Waals surface area contributed by atoms with Gasteiger partial charge in [0.1, 0.15) is 5.82 Å². The maximum Gasteiger partial charge on any atom is 0.307 e. The van der Waals surface area contributed by atoms with Crippen LogP contribution in [0.2, 0.25) is 0 Å². The molecule has 2 aromatic carbocycles. The molecule has 0 aliphatic rings. The fraction of sp³-hybridized carbons (Fsp3) is 0.176. The van der Waals surface area contributed by atoms with Crippen LogP contribution >= 0.6 is 0 Å². The summed E-state index contributed by atoms with van der Waals surface area (Å²) in [6.45, 7) is 2.03. The number of nitrogens with zero attached hydrogens (tertiary/aromatic N) is 2. The van der Waals surface area contributed by atoms with Gasteiger partial charge in [0.25, 0.3) is 0 Å². The Balaban J connectivity index is 2.14. The van der Waals surface area contributed by atoms with E-state index in [1.807, 2.05) is 41.8 Å². The zero-order valence-electron chi connectivity index (χ0n) is 12.8. The molecule has 0 aliphatic heterocycles.